The first-order valence-corrected chi connectivity index (χ1v) is 8.96. The number of carbonyl (C=O) groups excluding carboxylic acids is 2. The van der Waals surface area contributed by atoms with E-state index in [0.717, 1.165) is 44.8 Å². The number of ether oxygens (including phenoxy) is 1. The minimum absolute atomic E-state index is 0.456. The lowest BCUT2D eigenvalue weighted by Gasteiger charge is -2.26. The van der Waals surface area contributed by atoms with E-state index in [2.05, 4.69) is 15.2 Å². The molecule has 7 heteroatoms. The highest BCUT2D eigenvalue weighted by Crippen LogP contribution is 2.01. The van der Waals surface area contributed by atoms with Gasteiger partial charge in [0.05, 0.1) is 13.2 Å². The van der Waals surface area contributed by atoms with Crippen LogP contribution < -0.4 is 5.32 Å². The quantitative estimate of drug-likeness (QED) is 0.541. The summed E-state index contributed by atoms with van der Waals surface area (Å²) >= 11 is 0. The third-order valence-electron chi connectivity index (χ3n) is 4.32. The molecule has 1 aromatic heterocycles. The fourth-order valence-corrected chi connectivity index (χ4v) is 2.77. The highest BCUT2D eigenvalue weighted by Gasteiger charge is 2.20. The third kappa shape index (κ3) is 6.80. The molecule has 0 radical (unpaired) electrons. The standard InChI is InChI=1S/C18H28N4O3/c1-2-22(11-6-16-4-8-19-9-5-16)18(24)17(23)20-7-3-10-21-12-14-25-15-13-21/h4-5,8-9H,2-3,6-7,10-15H2,1H3,(H,20,23). The van der Waals surface area contributed by atoms with Gasteiger partial charge in [0.25, 0.3) is 0 Å². The van der Waals surface area contributed by atoms with Crippen molar-refractivity contribution in [2.24, 2.45) is 0 Å². The third-order valence-corrected chi connectivity index (χ3v) is 4.32. The topological polar surface area (TPSA) is 74.8 Å². The normalized spacial score (nSPS) is 14.9. The SMILES string of the molecule is CCN(CCc1ccncc1)C(=O)C(=O)NCCCN1CCOCC1. The number of rotatable bonds is 8. The molecule has 1 aliphatic heterocycles. The molecule has 1 aliphatic rings. The minimum atomic E-state index is -0.515. The van der Waals surface area contributed by atoms with E-state index in [1.54, 1.807) is 17.3 Å². The van der Waals surface area contributed by atoms with Crippen molar-refractivity contribution >= 4 is 11.8 Å². The van der Waals surface area contributed by atoms with Gasteiger partial charge in [0.1, 0.15) is 0 Å². The zero-order valence-corrected chi connectivity index (χ0v) is 14.9. The summed E-state index contributed by atoms with van der Waals surface area (Å²) in [6.07, 6.45) is 5.01. The molecule has 0 spiro atoms. The Bertz CT molecular complexity index is 532. The van der Waals surface area contributed by atoms with E-state index >= 15 is 0 Å². The van der Waals surface area contributed by atoms with Gasteiger partial charge in [-0.2, -0.15) is 0 Å². The fraction of sp³-hybridized carbons (Fsp3) is 0.611. The molecule has 1 fully saturated rings. The molecule has 7 nitrogen and oxygen atoms in total. The number of nitrogens with zero attached hydrogens (tertiary/aromatic N) is 3. The van der Waals surface area contributed by atoms with Crippen LogP contribution in [-0.4, -0.2) is 79.1 Å². The van der Waals surface area contributed by atoms with Crippen LogP contribution in [0.25, 0.3) is 0 Å². The molecular formula is C18H28N4O3. The van der Waals surface area contributed by atoms with E-state index < -0.39 is 11.8 Å². The second kappa shape index (κ2) is 10.8. The Balaban J connectivity index is 1.66. The molecule has 2 rings (SSSR count). The van der Waals surface area contributed by atoms with Crippen LogP contribution in [0.4, 0.5) is 0 Å². The Morgan fingerprint density at radius 2 is 2.00 bits per heavy atom. The lowest BCUT2D eigenvalue weighted by atomic mass is 10.2. The van der Waals surface area contributed by atoms with Gasteiger partial charge in [-0.05, 0) is 44.0 Å². The molecule has 2 heterocycles. The van der Waals surface area contributed by atoms with Crippen molar-refractivity contribution < 1.29 is 14.3 Å². The predicted molar refractivity (Wildman–Crippen MR) is 95.1 cm³/mol. The summed E-state index contributed by atoms with van der Waals surface area (Å²) in [5.41, 5.74) is 1.10. The Kier molecular flexibility index (Phi) is 8.34. The Morgan fingerprint density at radius 3 is 2.68 bits per heavy atom. The van der Waals surface area contributed by atoms with Gasteiger partial charge in [-0.3, -0.25) is 19.5 Å². The Labute approximate surface area is 149 Å². The first-order chi connectivity index (χ1) is 12.2. The molecule has 0 aromatic carbocycles. The van der Waals surface area contributed by atoms with Crippen LogP contribution in [0.1, 0.15) is 18.9 Å². The van der Waals surface area contributed by atoms with E-state index in [1.165, 1.54) is 0 Å². The molecule has 0 saturated carbocycles. The molecule has 2 amide bonds. The van der Waals surface area contributed by atoms with Crippen LogP contribution in [-0.2, 0) is 20.7 Å². The predicted octanol–water partition coefficient (Wildman–Crippen LogP) is 0.311. The van der Waals surface area contributed by atoms with Crippen molar-refractivity contribution in [1.29, 1.82) is 0 Å². The van der Waals surface area contributed by atoms with Gasteiger partial charge in [-0.1, -0.05) is 0 Å². The molecule has 0 bridgehead atoms. The molecule has 138 valence electrons. The van der Waals surface area contributed by atoms with E-state index in [9.17, 15) is 9.59 Å². The van der Waals surface area contributed by atoms with Gasteiger partial charge in [-0.15, -0.1) is 0 Å². The zero-order chi connectivity index (χ0) is 17.9. The van der Waals surface area contributed by atoms with Crippen molar-refractivity contribution in [3.8, 4) is 0 Å². The number of morpholine rings is 1. The number of pyridine rings is 1. The first-order valence-electron chi connectivity index (χ1n) is 8.96. The maximum absolute atomic E-state index is 12.3. The monoisotopic (exact) mass is 348 g/mol. The van der Waals surface area contributed by atoms with Gasteiger partial charge in [0.15, 0.2) is 0 Å². The fourth-order valence-electron chi connectivity index (χ4n) is 2.77. The van der Waals surface area contributed by atoms with Gasteiger partial charge in [-0.25, -0.2) is 0 Å². The van der Waals surface area contributed by atoms with Crippen LogP contribution in [0.3, 0.4) is 0 Å². The summed E-state index contributed by atoms with van der Waals surface area (Å²) in [4.78, 5) is 32.2. The second-order valence-electron chi connectivity index (χ2n) is 6.05. The van der Waals surface area contributed by atoms with E-state index in [1.807, 2.05) is 19.1 Å². The summed E-state index contributed by atoms with van der Waals surface area (Å²) in [6.45, 7) is 7.78. The van der Waals surface area contributed by atoms with Crippen LogP contribution in [0, 0.1) is 0 Å². The van der Waals surface area contributed by atoms with Crippen LogP contribution in [0.5, 0.6) is 0 Å². The smallest absolute Gasteiger partial charge is 0.311 e. The number of hydrogen-bond acceptors (Lipinski definition) is 5. The second-order valence-corrected chi connectivity index (χ2v) is 6.05. The average molecular weight is 348 g/mol. The van der Waals surface area contributed by atoms with Gasteiger partial charge >= 0.3 is 11.8 Å². The first kappa shape index (κ1) is 19.3. The van der Waals surface area contributed by atoms with Crippen molar-refractivity contribution in [3.05, 3.63) is 30.1 Å². The number of likely N-dealkylation sites (N-methyl/N-ethyl adjacent to an activating group) is 1. The van der Waals surface area contributed by atoms with Gasteiger partial charge in [0, 0.05) is 45.1 Å². The Morgan fingerprint density at radius 1 is 1.28 bits per heavy atom. The molecule has 1 aromatic rings. The summed E-state index contributed by atoms with van der Waals surface area (Å²) in [5.74, 6) is -0.971. The maximum atomic E-state index is 12.3. The van der Waals surface area contributed by atoms with Crippen LogP contribution in [0.2, 0.25) is 0 Å². The summed E-state index contributed by atoms with van der Waals surface area (Å²) in [7, 11) is 0. The molecule has 0 atom stereocenters. The maximum Gasteiger partial charge on any atom is 0.311 e. The van der Waals surface area contributed by atoms with E-state index in [4.69, 9.17) is 4.74 Å². The van der Waals surface area contributed by atoms with Crippen LogP contribution >= 0.6 is 0 Å². The van der Waals surface area contributed by atoms with Crippen molar-refractivity contribution in [1.82, 2.24) is 20.1 Å². The summed E-state index contributed by atoms with van der Waals surface area (Å²) < 4.78 is 5.30. The molecule has 25 heavy (non-hydrogen) atoms. The number of amides is 2. The lowest BCUT2D eigenvalue weighted by Crippen LogP contribution is -2.44. The number of aromatic nitrogens is 1. The zero-order valence-electron chi connectivity index (χ0n) is 14.9. The Hall–Kier alpha value is -1.99. The molecular weight excluding hydrogens is 320 g/mol. The minimum Gasteiger partial charge on any atom is -0.379 e. The van der Waals surface area contributed by atoms with Gasteiger partial charge < -0.3 is 15.0 Å². The molecule has 0 unspecified atom stereocenters. The number of carbonyl (C=O) groups is 2. The highest BCUT2D eigenvalue weighted by atomic mass is 16.5. The van der Waals surface area contributed by atoms with Crippen molar-refractivity contribution in [2.75, 3.05) is 52.5 Å². The van der Waals surface area contributed by atoms with Crippen LogP contribution in [0.15, 0.2) is 24.5 Å². The molecule has 0 aliphatic carbocycles. The summed E-state index contributed by atoms with van der Waals surface area (Å²) in [5, 5.41) is 2.74. The lowest BCUT2D eigenvalue weighted by molar-refractivity contribution is -0.145. The van der Waals surface area contributed by atoms with Crippen molar-refractivity contribution in [2.45, 2.75) is 19.8 Å². The number of hydrogen-bond donors (Lipinski definition) is 1. The van der Waals surface area contributed by atoms with E-state index in [-0.39, 0.29) is 0 Å². The largest absolute Gasteiger partial charge is 0.379 e. The highest BCUT2D eigenvalue weighted by molar-refractivity contribution is 6.34. The molecule has 1 saturated heterocycles. The summed E-state index contributed by atoms with van der Waals surface area (Å²) in [6, 6.07) is 3.84. The van der Waals surface area contributed by atoms with Crippen molar-refractivity contribution in [3.63, 3.8) is 0 Å². The number of nitrogens with one attached hydrogen (secondary N) is 1. The van der Waals surface area contributed by atoms with E-state index in [0.29, 0.717) is 26.1 Å². The van der Waals surface area contributed by atoms with Gasteiger partial charge in [0.2, 0.25) is 0 Å². The average Bonchev–Trinajstić information content (AvgIpc) is 2.67. The molecule has 1 N–H and O–H groups in total.